The Balaban J connectivity index is 1.87. The molecule has 5 heteroatoms. The molecular formula is C17H13ClN2OS. The van der Waals surface area contributed by atoms with Crippen molar-refractivity contribution in [2.24, 2.45) is 0 Å². The molecular weight excluding hydrogens is 316 g/mol. The number of aromatic nitrogens is 2. The lowest BCUT2D eigenvalue weighted by molar-refractivity contribution is 0.0994. The molecule has 0 aliphatic rings. The summed E-state index contributed by atoms with van der Waals surface area (Å²) in [5, 5.41) is 2.08. The van der Waals surface area contributed by atoms with Gasteiger partial charge in [-0.1, -0.05) is 53.7 Å². The summed E-state index contributed by atoms with van der Waals surface area (Å²) in [5.41, 5.74) is 1.49. The van der Waals surface area contributed by atoms with Crippen molar-refractivity contribution in [3.8, 4) is 0 Å². The zero-order valence-corrected chi connectivity index (χ0v) is 13.4. The fourth-order valence-electron chi connectivity index (χ4n) is 2.17. The van der Waals surface area contributed by atoms with E-state index < -0.39 is 0 Å². The minimum atomic E-state index is -0.253. The van der Waals surface area contributed by atoms with Gasteiger partial charge in [-0.25, -0.2) is 9.97 Å². The molecule has 0 amide bonds. The lowest BCUT2D eigenvalue weighted by Gasteiger charge is -2.11. The molecule has 1 unspecified atom stereocenters. The van der Waals surface area contributed by atoms with Crippen LogP contribution in [0.5, 0.6) is 0 Å². The molecule has 0 bridgehead atoms. The molecule has 1 atom stereocenters. The monoisotopic (exact) mass is 328 g/mol. The zero-order chi connectivity index (χ0) is 15.5. The minimum absolute atomic E-state index is 0.0372. The van der Waals surface area contributed by atoms with Gasteiger partial charge < -0.3 is 0 Å². The fourth-order valence-corrected chi connectivity index (χ4v) is 3.35. The Bertz CT molecular complexity index is 832. The number of para-hydroxylation sites is 1. The average Bonchev–Trinajstić information content (AvgIpc) is 2.54. The van der Waals surface area contributed by atoms with E-state index in [0.717, 1.165) is 15.9 Å². The van der Waals surface area contributed by atoms with Crippen LogP contribution in [0.1, 0.15) is 17.3 Å². The molecule has 0 aliphatic carbocycles. The van der Waals surface area contributed by atoms with Crippen molar-refractivity contribution in [1.82, 2.24) is 9.97 Å². The Hall–Kier alpha value is -1.91. The van der Waals surface area contributed by atoms with Gasteiger partial charge in [0.15, 0.2) is 5.78 Å². The molecule has 1 heterocycles. The third kappa shape index (κ3) is 3.13. The molecule has 110 valence electrons. The van der Waals surface area contributed by atoms with E-state index in [4.69, 9.17) is 11.6 Å². The minimum Gasteiger partial charge on any atom is -0.293 e. The van der Waals surface area contributed by atoms with E-state index in [9.17, 15) is 4.79 Å². The third-order valence-corrected chi connectivity index (χ3v) is 4.62. The predicted molar refractivity (Wildman–Crippen MR) is 90.6 cm³/mol. The number of nitrogens with zero attached hydrogens (tertiary/aromatic N) is 2. The van der Waals surface area contributed by atoms with E-state index in [2.05, 4.69) is 9.97 Å². The largest absolute Gasteiger partial charge is 0.293 e. The van der Waals surface area contributed by atoms with Gasteiger partial charge in [0.25, 0.3) is 0 Å². The van der Waals surface area contributed by atoms with Crippen LogP contribution < -0.4 is 0 Å². The number of Topliss-reactive ketones (excluding diaryl/α,β-unsaturated/α-hetero) is 1. The van der Waals surface area contributed by atoms with Crippen molar-refractivity contribution in [3.63, 3.8) is 0 Å². The number of halogens is 1. The van der Waals surface area contributed by atoms with Gasteiger partial charge in [0.1, 0.15) is 11.4 Å². The molecule has 0 spiro atoms. The van der Waals surface area contributed by atoms with Gasteiger partial charge in [0, 0.05) is 16.0 Å². The van der Waals surface area contributed by atoms with Crippen molar-refractivity contribution in [1.29, 1.82) is 0 Å². The first-order chi connectivity index (χ1) is 10.6. The Morgan fingerprint density at radius 1 is 1.14 bits per heavy atom. The summed E-state index contributed by atoms with van der Waals surface area (Å²) in [6.07, 6.45) is 1.53. The maximum atomic E-state index is 12.5. The van der Waals surface area contributed by atoms with Crippen molar-refractivity contribution < 1.29 is 4.79 Å². The van der Waals surface area contributed by atoms with Crippen LogP contribution in [0.4, 0.5) is 0 Å². The molecule has 0 saturated heterocycles. The summed E-state index contributed by atoms with van der Waals surface area (Å²) in [7, 11) is 0. The Labute approximate surface area is 137 Å². The van der Waals surface area contributed by atoms with E-state index in [-0.39, 0.29) is 11.0 Å². The maximum Gasteiger partial charge on any atom is 0.175 e. The molecule has 0 radical (unpaired) electrons. The van der Waals surface area contributed by atoms with Crippen molar-refractivity contribution in [2.45, 2.75) is 17.2 Å². The summed E-state index contributed by atoms with van der Waals surface area (Å²) in [6, 6.07) is 14.8. The lowest BCUT2D eigenvalue weighted by Crippen LogP contribution is -2.13. The van der Waals surface area contributed by atoms with Crippen LogP contribution >= 0.6 is 23.4 Å². The summed E-state index contributed by atoms with van der Waals surface area (Å²) >= 11 is 7.39. The van der Waals surface area contributed by atoms with Gasteiger partial charge in [-0.05, 0) is 25.1 Å². The summed E-state index contributed by atoms with van der Waals surface area (Å²) in [5.74, 6) is 0.0372. The van der Waals surface area contributed by atoms with Crippen LogP contribution in [0, 0.1) is 0 Å². The highest BCUT2D eigenvalue weighted by Crippen LogP contribution is 2.29. The van der Waals surface area contributed by atoms with Crippen LogP contribution in [-0.2, 0) is 0 Å². The highest BCUT2D eigenvalue weighted by Gasteiger charge is 2.18. The predicted octanol–water partition coefficient (Wildman–Crippen LogP) is 4.65. The molecule has 22 heavy (non-hydrogen) atoms. The summed E-state index contributed by atoms with van der Waals surface area (Å²) < 4.78 is 0. The second-order valence-corrected chi connectivity index (χ2v) is 6.60. The Kier molecular flexibility index (Phi) is 4.41. The van der Waals surface area contributed by atoms with Crippen LogP contribution in [0.15, 0.2) is 59.9 Å². The van der Waals surface area contributed by atoms with Crippen LogP contribution in [0.3, 0.4) is 0 Å². The molecule has 1 aromatic heterocycles. The van der Waals surface area contributed by atoms with Gasteiger partial charge in [-0.15, -0.1) is 0 Å². The quantitative estimate of drug-likeness (QED) is 0.397. The number of hydrogen-bond donors (Lipinski definition) is 0. The third-order valence-electron chi connectivity index (χ3n) is 3.27. The van der Waals surface area contributed by atoms with Crippen LogP contribution in [0.25, 0.3) is 10.9 Å². The van der Waals surface area contributed by atoms with Crippen LogP contribution in [0.2, 0.25) is 5.02 Å². The second-order valence-electron chi connectivity index (χ2n) is 4.83. The number of rotatable bonds is 4. The highest BCUT2D eigenvalue weighted by molar-refractivity contribution is 8.00. The van der Waals surface area contributed by atoms with Crippen molar-refractivity contribution >= 4 is 40.0 Å². The first-order valence-electron chi connectivity index (χ1n) is 6.81. The van der Waals surface area contributed by atoms with Crippen molar-refractivity contribution in [2.75, 3.05) is 0 Å². The molecule has 3 nitrogen and oxygen atoms in total. The number of carbonyl (C=O) groups is 1. The SMILES string of the molecule is CC(Sc1ncnc2ccccc12)C(=O)c1cccc(Cl)c1. The van der Waals surface area contributed by atoms with Gasteiger partial charge >= 0.3 is 0 Å². The van der Waals surface area contributed by atoms with E-state index in [1.165, 1.54) is 18.1 Å². The van der Waals surface area contributed by atoms with Crippen molar-refractivity contribution in [3.05, 3.63) is 65.4 Å². The van der Waals surface area contributed by atoms with Crippen LogP contribution in [-0.4, -0.2) is 21.0 Å². The second kappa shape index (κ2) is 6.46. The van der Waals surface area contributed by atoms with E-state index in [0.29, 0.717) is 10.6 Å². The van der Waals surface area contributed by atoms with Gasteiger partial charge in [0.2, 0.25) is 0 Å². The molecule has 2 aromatic carbocycles. The number of ketones is 1. The Morgan fingerprint density at radius 3 is 2.77 bits per heavy atom. The molecule has 0 fully saturated rings. The molecule has 0 N–H and O–H groups in total. The van der Waals surface area contributed by atoms with Gasteiger partial charge in [-0.3, -0.25) is 4.79 Å². The molecule has 3 rings (SSSR count). The van der Waals surface area contributed by atoms with Gasteiger partial charge in [-0.2, -0.15) is 0 Å². The first-order valence-corrected chi connectivity index (χ1v) is 8.07. The van der Waals surface area contributed by atoms with E-state index in [1.54, 1.807) is 24.3 Å². The molecule has 3 aromatic rings. The van der Waals surface area contributed by atoms with Gasteiger partial charge in [0.05, 0.1) is 10.8 Å². The standard InChI is InChI=1S/C17H13ClN2OS/c1-11(16(21)12-5-4-6-13(18)9-12)22-17-14-7-2-3-8-15(14)19-10-20-17/h2-11H,1H3. The van der Waals surface area contributed by atoms with E-state index >= 15 is 0 Å². The number of hydrogen-bond acceptors (Lipinski definition) is 4. The zero-order valence-electron chi connectivity index (χ0n) is 11.9. The van der Waals surface area contributed by atoms with E-state index in [1.807, 2.05) is 31.2 Å². The number of fused-ring (bicyclic) bond motifs is 1. The highest BCUT2D eigenvalue weighted by atomic mass is 35.5. The molecule has 0 saturated carbocycles. The number of carbonyl (C=O) groups excluding carboxylic acids is 1. The Morgan fingerprint density at radius 2 is 1.95 bits per heavy atom. The smallest absolute Gasteiger partial charge is 0.175 e. The topological polar surface area (TPSA) is 42.9 Å². The normalized spacial score (nSPS) is 12.3. The number of benzene rings is 2. The lowest BCUT2D eigenvalue weighted by atomic mass is 10.1. The first kappa shape index (κ1) is 15.0. The summed E-state index contributed by atoms with van der Waals surface area (Å²) in [4.78, 5) is 21.1. The summed E-state index contributed by atoms with van der Waals surface area (Å²) in [6.45, 7) is 1.88. The fraction of sp³-hybridized carbons (Fsp3) is 0.118. The molecule has 0 aliphatic heterocycles. The maximum absolute atomic E-state index is 12.5. The number of thioether (sulfide) groups is 1. The average molecular weight is 329 g/mol.